The largest absolute Gasteiger partial charge is 0.481 e. The van der Waals surface area contributed by atoms with Crippen LogP contribution in [0.5, 0.6) is 0 Å². The van der Waals surface area contributed by atoms with Crippen molar-refractivity contribution in [1.29, 1.82) is 0 Å². The Morgan fingerprint density at radius 3 is 2.46 bits per heavy atom. The lowest BCUT2D eigenvalue weighted by molar-refractivity contribution is -0.137. The molecule has 2 aromatic rings. The first kappa shape index (κ1) is 25.5. The number of aliphatic carboxylic acids is 1. The molecule has 1 heterocycles. The standard InChI is InChI=1S/C29H40N2O4/c1-17-6-9-23(18(2)12-17)30-24(32)15-21(16-25(33)34)27-26(20-7-8-20)28(35-31-27)22-13-19(14-22)10-11-29(3,4)5/h6,9,12,19-22H,7-8,10-11,13-16H2,1-5H3,(H,30,32)(H,33,34). The molecular formula is C29H40N2O4. The summed E-state index contributed by atoms with van der Waals surface area (Å²) < 4.78 is 5.91. The number of carbonyl (C=O) groups is 2. The molecule has 1 unspecified atom stereocenters. The normalized spacial score (nSPS) is 20.8. The summed E-state index contributed by atoms with van der Waals surface area (Å²) >= 11 is 0. The third kappa shape index (κ3) is 6.53. The molecule has 1 amide bonds. The van der Waals surface area contributed by atoms with Gasteiger partial charge in [0.25, 0.3) is 0 Å². The van der Waals surface area contributed by atoms with Crippen LogP contribution in [0, 0.1) is 25.2 Å². The molecule has 1 aromatic heterocycles. The second kappa shape index (κ2) is 10.2. The molecule has 2 aliphatic rings. The molecule has 2 aliphatic carbocycles. The molecule has 4 rings (SSSR count). The van der Waals surface area contributed by atoms with Crippen LogP contribution in [0.4, 0.5) is 5.69 Å². The average molecular weight is 481 g/mol. The Kier molecular flexibility index (Phi) is 7.39. The molecule has 1 atom stereocenters. The van der Waals surface area contributed by atoms with E-state index in [4.69, 9.17) is 4.52 Å². The average Bonchev–Trinajstić information content (AvgIpc) is 3.46. The minimum absolute atomic E-state index is 0.0736. The van der Waals surface area contributed by atoms with Crippen LogP contribution < -0.4 is 5.32 Å². The highest BCUT2D eigenvalue weighted by atomic mass is 16.5. The lowest BCUT2D eigenvalue weighted by Crippen LogP contribution is -2.24. The molecule has 6 nitrogen and oxygen atoms in total. The van der Waals surface area contributed by atoms with Crippen molar-refractivity contribution in [3.63, 3.8) is 0 Å². The van der Waals surface area contributed by atoms with Gasteiger partial charge in [0.2, 0.25) is 5.91 Å². The number of aromatic nitrogens is 1. The Morgan fingerprint density at radius 1 is 1.14 bits per heavy atom. The van der Waals surface area contributed by atoms with Crippen molar-refractivity contribution in [3.8, 4) is 0 Å². The van der Waals surface area contributed by atoms with Crippen LogP contribution >= 0.6 is 0 Å². The van der Waals surface area contributed by atoms with Crippen LogP contribution in [-0.2, 0) is 9.59 Å². The Balaban J connectivity index is 1.48. The van der Waals surface area contributed by atoms with Gasteiger partial charge >= 0.3 is 5.97 Å². The first-order valence-electron chi connectivity index (χ1n) is 13.1. The highest BCUT2D eigenvalue weighted by Crippen LogP contribution is 2.53. The van der Waals surface area contributed by atoms with E-state index in [2.05, 4.69) is 31.2 Å². The summed E-state index contributed by atoms with van der Waals surface area (Å²) in [6.45, 7) is 10.8. The van der Waals surface area contributed by atoms with Gasteiger partial charge in [-0.3, -0.25) is 9.59 Å². The zero-order valence-electron chi connectivity index (χ0n) is 21.8. The summed E-state index contributed by atoms with van der Waals surface area (Å²) in [4.78, 5) is 24.7. The van der Waals surface area contributed by atoms with E-state index in [-0.39, 0.29) is 18.7 Å². The number of hydrogen-bond acceptors (Lipinski definition) is 4. The predicted molar refractivity (Wildman–Crippen MR) is 137 cm³/mol. The highest BCUT2D eigenvalue weighted by molar-refractivity contribution is 5.92. The first-order valence-corrected chi connectivity index (χ1v) is 13.1. The van der Waals surface area contributed by atoms with E-state index in [0.717, 1.165) is 59.7 Å². The Bertz CT molecular complexity index is 1070. The fraction of sp³-hybridized carbons (Fsp3) is 0.621. The third-order valence-corrected chi connectivity index (χ3v) is 7.57. The Labute approximate surface area is 208 Å². The third-order valence-electron chi connectivity index (χ3n) is 7.57. The molecule has 0 radical (unpaired) electrons. The zero-order chi connectivity index (χ0) is 25.3. The highest BCUT2D eigenvalue weighted by Gasteiger charge is 2.42. The van der Waals surface area contributed by atoms with Gasteiger partial charge in [-0.15, -0.1) is 0 Å². The van der Waals surface area contributed by atoms with Crippen molar-refractivity contribution in [2.24, 2.45) is 11.3 Å². The van der Waals surface area contributed by atoms with E-state index in [9.17, 15) is 14.7 Å². The van der Waals surface area contributed by atoms with E-state index >= 15 is 0 Å². The number of carbonyl (C=O) groups excluding carboxylic acids is 1. The molecule has 190 valence electrons. The lowest BCUT2D eigenvalue weighted by Gasteiger charge is -2.36. The molecular weight excluding hydrogens is 440 g/mol. The van der Waals surface area contributed by atoms with Gasteiger partial charge in [-0.25, -0.2) is 0 Å². The van der Waals surface area contributed by atoms with Crippen LogP contribution in [0.25, 0.3) is 0 Å². The fourth-order valence-corrected chi connectivity index (χ4v) is 5.37. The Morgan fingerprint density at radius 2 is 1.86 bits per heavy atom. The minimum atomic E-state index is -0.925. The number of hydrogen-bond donors (Lipinski definition) is 2. The summed E-state index contributed by atoms with van der Waals surface area (Å²) in [5.41, 5.74) is 5.03. The van der Waals surface area contributed by atoms with Gasteiger partial charge in [0.15, 0.2) is 0 Å². The van der Waals surface area contributed by atoms with Crippen LogP contribution in [0.3, 0.4) is 0 Å². The smallest absolute Gasteiger partial charge is 0.304 e. The monoisotopic (exact) mass is 480 g/mol. The van der Waals surface area contributed by atoms with Gasteiger partial charge in [0.05, 0.1) is 12.1 Å². The van der Waals surface area contributed by atoms with Crippen LogP contribution in [0.2, 0.25) is 0 Å². The van der Waals surface area contributed by atoms with Gasteiger partial charge < -0.3 is 14.9 Å². The summed E-state index contributed by atoms with van der Waals surface area (Å²) in [5.74, 6) is 0.817. The topological polar surface area (TPSA) is 92.4 Å². The number of amides is 1. The lowest BCUT2D eigenvalue weighted by atomic mass is 9.69. The summed E-state index contributed by atoms with van der Waals surface area (Å²) in [6.07, 6.45) is 6.78. The van der Waals surface area contributed by atoms with Crippen molar-refractivity contribution < 1.29 is 19.2 Å². The molecule has 0 aliphatic heterocycles. The molecule has 2 saturated carbocycles. The van der Waals surface area contributed by atoms with Gasteiger partial charge in [-0.1, -0.05) is 43.6 Å². The van der Waals surface area contributed by atoms with Gasteiger partial charge in [0, 0.05) is 29.5 Å². The molecule has 2 fully saturated rings. The van der Waals surface area contributed by atoms with Crippen LogP contribution in [-0.4, -0.2) is 22.1 Å². The summed E-state index contributed by atoms with van der Waals surface area (Å²) in [5, 5.41) is 17.0. The number of rotatable bonds is 10. The number of carboxylic acids is 1. The van der Waals surface area contributed by atoms with Crippen LogP contribution in [0.1, 0.15) is 118 Å². The second-order valence-electron chi connectivity index (χ2n) is 12.1. The van der Waals surface area contributed by atoms with Gasteiger partial charge in [0.1, 0.15) is 5.76 Å². The molecule has 35 heavy (non-hydrogen) atoms. The van der Waals surface area contributed by atoms with Crippen molar-refractivity contribution in [2.75, 3.05) is 5.32 Å². The van der Waals surface area contributed by atoms with Crippen molar-refractivity contribution >= 4 is 17.6 Å². The molecule has 0 saturated heterocycles. The van der Waals surface area contributed by atoms with Crippen molar-refractivity contribution in [3.05, 3.63) is 46.3 Å². The molecule has 2 N–H and O–H groups in total. The maximum absolute atomic E-state index is 13.0. The van der Waals surface area contributed by atoms with Crippen molar-refractivity contribution in [2.45, 2.75) is 104 Å². The number of anilines is 1. The van der Waals surface area contributed by atoms with Gasteiger partial charge in [-0.2, -0.15) is 0 Å². The van der Waals surface area contributed by atoms with E-state index in [0.29, 0.717) is 22.9 Å². The molecule has 0 spiro atoms. The quantitative estimate of drug-likeness (QED) is 0.379. The maximum atomic E-state index is 13.0. The van der Waals surface area contributed by atoms with E-state index in [1.807, 2.05) is 32.0 Å². The number of aryl methyl sites for hydroxylation is 2. The zero-order valence-corrected chi connectivity index (χ0v) is 21.8. The first-order chi connectivity index (χ1) is 16.5. The predicted octanol–water partition coefficient (Wildman–Crippen LogP) is 7.08. The number of carboxylic acid groups (broad SMARTS) is 1. The Hall–Kier alpha value is -2.63. The minimum Gasteiger partial charge on any atom is -0.481 e. The van der Waals surface area contributed by atoms with E-state index in [1.54, 1.807) is 0 Å². The van der Waals surface area contributed by atoms with E-state index in [1.165, 1.54) is 12.8 Å². The summed E-state index contributed by atoms with van der Waals surface area (Å²) in [6, 6.07) is 5.87. The second-order valence-corrected chi connectivity index (χ2v) is 12.1. The number of nitrogens with zero attached hydrogens (tertiary/aromatic N) is 1. The van der Waals surface area contributed by atoms with E-state index < -0.39 is 11.9 Å². The molecule has 0 bridgehead atoms. The maximum Gasteiger partial charge on any atom is 0.304 e. The number of benzene rings is 1. The fourth-order valence-electron chi connectivity index (χ4n) is 5.37. The molecule has 1 aromatic carbocycles. The SMILES string of the molecule is Cc1ccc(NC(=O)CC(CC(=O)O)c2noc(C3CC(CCC(C)(C)C)C3)c2C2CC2)c(C)c1. The molecule has 6 heteroatoms. The van der Waals surface area contributed by atoms with Gasteiger partial charge in [-0.05, 0) is 81.3 Å². The van der Waals surface area contributed by atoms with Crippen molar-refractivity contribution in [1.82, 2.24) is 5.16 Å². The summed E-state index contributed by atoms with van der Waals surface area (Å²) in [7, 11) is 0. The number of nitrogens with one attached hydrogen (secondary N) is 1. The van der Waals surface area contributed by atoms with Crippen LogP contribution in [0.15, 0.2) is 22.7 Å².